The van der Waals surface area contributed by atoms with Gasteiger partial charge in [-0.05, 0) is 11.0 Å². The van der Waals surface area contributed by atoms with Crippen molar-refractivity contribution >= 4 is 15.2 Å². The van der Waals surface area contributed by atoms with Gasteiger partial charge < -0.3 is 19.2 Å². The Morgan fingerprint density at radius 2 is 1.60 bits per heavy atom. The molecular formula is C12H20O6P2. The van der Waals surface area contributed by atoms with Gasteiger partial charge >= 0.3 is 15.2 Å². The second-order valence-electron chi connectivity index (χ2n) is 5.54. The predicted molar refractivity (Wildman–Crippen MR) is 76.6 cm³/mol. The van der Waals surface area contributed by atoms with Crippen LogP contribution in [0.15, 0.2) is 30.3 Å². The molecule has 114 valence electrons. The molecule has 0 fully saturated rings. The first-order chi connectivity index (χ1) is 8.99. The third-order valence-electron chi connectivity index (χ3n) is 2.54. The molecule has 0 bridgehead atoms. The van der Waals surface area contributed by atoms with Gasteiger partial charge in [0.15, 0.2) is 0 Å². The second kappa shape index (κ2) is 6.52. The number of hydrogen-bond acceptors (Lipinski definition) is 3. The van der Waals surface area contributed by atoms with Gasteiger partial charge in [-0.25, -0.2) is 0 Å². The van der Waals surface area contributed by atoms with Gasteiger partial charge in [-0.3, -0.25) is 9.13 Å². The third-order valence-corrected chi connectivity index (χ3v) is 5.59. The summed E-state index contributed by atoms with van der Waals surface area (Å²) in [6.07, 6.45) is -0.767. The lowest BCUT2D eigenvalue weighted by molar-refractivity contribution is 0.238. The lowest BCUT2D eigenvalue weighted by Gasteiger charge is -2.26. The van der Waals surface area contributed by atoms with Crippen molar-refractivity contribution in [2.45, 2.75) is 20.5 Å². The third kappa shape index (κ3) is 7.34. The summed E-state index contributed by atoms with van der Waals surface area (Å²) >= 11 is 0. The fourth-order valence-electron chi connectivity index (χ4n) is 1.94. The number of rotatable bonds is 7. The Hall–Kier alpha value is -0.480. The van der Waals surface area contributed by atoms with Gasteiger partial charge in [0.1, 0.15) is 0 Å². The molecule has 1 aromatic rings. The zero-order valence-electron chi connectivity index (χ0n) is 11.5. The molecule has 1 rings (SSSR count). The van der Waals surface area contributed by atoms with Gasteiger partial charge in [0.25, 0.3) is 0 Å². The molecule has 1 unspecified atom stereocenters. The molecule has 0 aliphatic carbocycles. The highest BCUT2D eigenvalue weighted by atomic mass is 31.2. The van der Waals surface area contributed by atoms with Crippen molar-refractivity contribution in [3.63, 3.8) is 0 Å². The Morgan fingerprint density at radius 3 is 2.10 bits per heavy atom. The molecule has 0 aromatic heterocycles. The monoisotopic (exact) mass is 322 g/mol. The van der Waals surface area contributed by atoms with Crippen molar-refractivity contribution in [1.29, 1.82) is 0 Å². The summed E-state index contributed by atoms with van der Waals surface area (Å²) in [7, 11) is -8.15. The maximum Gasteiger partial charge on any atom is 0.328 e. The van der Waals surface area contributed by atoms with Crippen molar-refractivity contribution < 1.29 is 28.3 Å². The van der Waals surface area contributed by atoms with E-state index in [1.165, 1.54) is 13.8 Å². The lowest BCUT2D eigenvalue weighted by Crippen LogP contribution is -2.22. The average Bonchev–Trinajstić information content (AvgIpc) is 2.23. The van der Waals surface area contributed by atoms with E-state index < -0.39 is 26.8 Å². The Balaban J connectivity index is 2.61. The minimum atomic E-state index is -4.24. The van der Waals surface area contributed by atoms with E-state index >= 15 is 0 Å². The molecule has 0 aliphatic heterocycles. The lowest BCUT2D eigenvalue weighted by atomic mass is 10.0. The maximum absolute atomic E-state index is 12.0. The van der Waals surface area contributed by atoms with E-state index in [2.05, 4.69) is 0 Å². The van der Waals surface area contributed by atoms with Crippen LogP contribution in [0.4, 0.5) is 0 Å². The first-order valence-electron chi connectivity index (χ1n) is 6.04. The van der Waals surface area contributed by atoms with Crippen LogP contribution in [0.3, 0.4) is 0 Å². The van der Waals surface area contributed by atoms with E-state index in [0.29, 0.717) is 0 Å². The average molecular weight is 322 g/mol. The fraction of sp³-hybridized carbons (Fsp3) is 0.500. The molecule has 1 atom stereocenters. The van der Waals surface area contributed by atoms with Crippen molar-refractivity contribution in [3.05, 3.63) is 35.9 Å². The highest BCUT2D eigenvalue weighted by molar-refractivity contribution is 7.53. The summed E-state index contributed by atoms with van der Waals surface area (Å²) in [5, 5.41) is 0. The van der Waals surface area contributed by atoms with Gasteiger partial charge in [0.05, 0.1) is 18.9 Å². The summed E-state index contributed by atoms with van der Waals surface area (Å²) < 4.78 is 28.0. The molecule has 0 saturated heterocycles. The molecule has 0 radical (unpaired) electrons. The molecule has 20 heavy (non-hydrogen) atoms. The Bertz CT molecular complexity index is 522. The van der Waals surface area contributed by atoms with Gasteiger partial charge in [0, 0.05) is 0 Å². The minimum absolute atomic E-state index is 0.0133. The molecular weight excluding hydrogens is 302 g/mol. The van der Waals surface area contributed by atoms with Gasteiger partial charge in [-0.15, -0.1) is 0 Å². The predicted octanol–water partition coefficient (Wildman–Crippen LogP) is 2.59. The zero-order chi connectivity index (χ0) is 15.4. The van der Waals surface area contributed by atoms with Crippen LogP contribution in [0.25, 0.3) is 0 Å². The van der Waals surface area contributed by atoms with E-state index in [4.69, 9.17) is 14.3 Å². The first-order valence-corrected chi connectivity index (χ1v) is 9.60. The van der Waals surface area contributed by atoms with E-state index in [1.807, 2.05) is 6.07 Å². The highest BCUT2D eigenvalue weighted by Gasteiger charge is 2.36. The topological polar surface area (TPSA) is 104 Å². The van der Waals surface area contributed by atoms with Crippen LogP contribution in [0, 0.1) is 5.41 Å². The molecule has 0 amide bonds. The van der Waals surface area contributed by atoms with Gasteiger partial charge in [-0.2, -0.15) is 0 Å². The summed E-state index contributed by atoms with van der Waals surface area (Å²) in [6.45, 7) is 3.04. The summed E-state index contributed by atoms with van der Waals surface area (Å²) in [5.41, 5.74) is -0.227. The summed E-state index contributed by atoms with van der Waals surface area (Å²) in [4.78, 5) is 27.7. The summed E-state index contributed by atoms with van der Waals surface area (Å²) in [6, 6.07) is 8.93. The van der Waals surface area contributed by atoms with E-state index in [1.54, 1.807) is 24.3 Å². The maximum atomic E-state index is 12.0. The highest BCUT2D eigenvalue weighted by Crippen LogP contribution is 2.52. The van der Waals surface area contributed by atoms with Crippen LogP contribution in [0.1, 0.15) is 19.4 Å². The van der Waals surface area contributed by atoms with Crippen molar-refractivity contribution in [2.75, 3.05) is 12.3 Å². The Labute approximate surface area is 118 Å². The van der Waals surface area contributed by atoms with Gasteiger partial charge in [-0.1, -0.05) is 44.2 Å². The minimum Gasteiger partial charge on any atom is -0.324 e. The van der Waals surface area contributed by atoms with Crippen molar-refractivity contribution in [1.82, 2.24) is 0 Å². The summed E-state index contributed by atoms with van der Waals surface area (Å²) in [5.74, 6) is 0. The molecule has 0 aliphatic rings. The smallest absolute Gasteiger partial charge is 0.324 e. The van der Waals surface area contributed by atoms with Gasteiger partial charge in [0.2, 0.25) is 0 Å². The van der Waals surface area contributed by atoms with Crippen LogP contribution < -0.4 is 0 Å². The molecule has 1 aromatic carbocycles. The zero-order valence-corrected chi connectivity index (χ0v) is 13.3. The standard InChI is InChI=1S/C12H20O6P2/c1-12(2,9-19(13,14)15)10-20(16,17)18-8-11-6-4-3-5-7-11/h3-7H,8-10H2,1-2H3,(H,16,17)(H2,13,14,15). The molecule has 6 nitrogen and oxygen atoms in total. The van der Waals surface area contributed by atoms with Crippen LogP contribution >= 0.6 is 15.2 Å². The normalized spacial score (nSPS) is 15.8. The number of hydrogen-bond donors (Lipinski definition) is 3. The van der Waals surface area contributed by atoms with Crippen LogP contribution in [-0.4, -0.2) is 27.0 Å². The molecule has 8 heteroatoms. The Kier molecular flexibility index (Phi) is 5.73. The largest absolute Gasteiger partial charge is 0.328 e. The van der Waals surface area contributed by atoms with E-state index in [9.17, 15) is 14.0 Å². The SMILES string of the molecule is CC(C)(CP(=O)(O)O)CP(=O)(O)OCc1ccccc1. The van der Waals surface area contributed by atoms with E-state index in [0.717, 1.165) is 5.56 Å². The second-order valence-corrected chi connectivity index (χ2v) is 9.04. The van der Waals surface area contributed by atoms with Crippen LogP contribution in [-0.2, 0) is 20.3 Å². The quantitative estimate of drug-likeness (QED) is 0.667. The molecule has 3 N–H and O–H groups in total. The molecule has 0 saturated carbocycles. The van der Waals surface area contributed by atoms with E-state index in [-0.39, 0.29) is 12.8 Å². The van der Waals surface area contributed by atoms with Crippen LogP contribution in [0.5, 0.6) is 0 Å². The van der Waals surface area contributed by atoms with Crippen molar-refractivity contribution in [3.8, 4) is 0 Å². The van der Waals surface area contributed by atoms with Crippen LogP contribution in [0.2, 0.25) is 0 Å². The van der Waals surface area contributed by atoms with Crippen molar-refractivity contribution in [2.24, 2.45) is 5.41 Å². The molecule has 0 spiro atoms. The number of benzene rings is 1. The Morgan fingerprint density at radius 1 is 1.05 bits per heavy atom. The fourth-order valence-corrected chi connectivity index (χ4v) is 4.98. The molecule has 0 heterocycles. The first kappa shape index (κ1) is 17.6.